The second-order valence-electron chi connectivity index (χ2n) is 9.71. The molecule has 0 unspecified atom stereocenters. The molecule has 10 nitrogen and oxygen atoms in total. The summed E-state index contributed by atoms with van der Waals surface area (Å²) in [6.45, 7) is 0.496. The Labute approximate surface area is 219 Å². The second-order valence-corrected chi connectivity index (χ2v) is 9.71. The molecule has 1 aliphatic rings. The van der Waals surface area contributed by atoms with Crippen LogP contribution in [0, 0.1) is 0 Å². The van der Waals surface area contributed by atoms with Crippen molar-refractivity contribution in [2.24, 2.45) is 0 Å². The fourth-order valence-electron chi connectivity index (χ4n) is 5.24. The smallest absolute Gasteiger partial charge is 0.231 e. The van der Waals surface area contributed by atoms with E-state index in [-0.39, 0.29) is 0 Å². The number of rotatable bonds is 7. The lowest BCUT2D eigenvalue weighted by atomic mass is 9.95. The third-order valence-corrected chi connectivity index (χ3v) is 7.18. The average molecular weight is 505 g/mol. The number of para-hydroxylation sites is 2. The summed E-state index contributed by atoms with van der Waals surface area (Å²) in [5.74, 6) is 2.05. The third kappa shape index (κ3) is 4.34. The van der Waals surface area contributed by atoms with Gasteiger partial charge in [-0.3, -0.25) is 0 Å². The molecular weight excluding hydrogens is 476 g/mol. The summed E-state index contributed by atoms with van der Waals surface area (Å²) in [6, 6.07) is 16.5. The summed E-state index contributed by atoms with van der Waals surface area (Å²) in [7, 11) is 0. The molecular formula is C28H28N10. The van der Waals surface area contributed by atoms with Crippen molar-refractivity contribution in [2.75, 3.05) is 10.6 Å². The van der Waals surface area contributed by atoms with E-state index in [1.165, 1.54) is 19.3 Å². The Balaban J connectivity index is 1.21. The van der Waals surface area contributed by atoms with E-state index in [1.807, 2.05) is 65.6 Å². The van der Waals surface area contributed by atoms with Crippen LogP contribution < -0.4 is 10.6 Å². The van der Waals surface area contributed by atoms with Gasteiger partial charge in [-0.25, -0.2) is 15.0 Å². The molecule has 1 aliphatic carbocycles. The molecule has 7 rings (SSSR count). The Bertz CT molecular complexity index is 1640. The molecule has 0 aliphatic heterocycles. The monoisotopic (exact) mass is 504 g/mol. The van der Waals surface area contributed by atoms with E-state index < -0.39 is 0 Å². The zero-order chi connectivity index (χ0) is 25.3. The number of fused-ring (bicyclic) bond motifs is 2. The summed E-state index contributed by atoms with van der Waals surface area (Å²) in [5.41, 5.74) is 5.51. The predicted molar refractivity (Wildman–Crippen MR) is 148 cm³/mol. The van der Waals surface area contributed by atoms with E-state index in [1.54, 1.807) is 12.5 Å². The molecule has 4 heterocycles. The van der Waals surface area contributed by atoms with Crippen molar-refractivity contribution in [3.05, 3.63) is 79.4 Å². The van der Waals surface area contributed by atoms with Crippen LogP contribution in [0.5, 0.6) is 0 Å². The summed E-state index contributed by atoms with van der Waals surface area (Å²) in [4.78, 5) is 26.7. The predicted octanol–water partition coefficient (Wildman–Crippen LogP) is 5.75. The highest BCUT2D eigenvalue weighted by atomic mass is 15.2. The highest BCUT2D eigenvalue weighted by Gasteiger charge is 2.21. The summed E-state index contributed by atoms with van der Waals surface area (Å²) < 4.78 is 4.20. The number of nitrogens with one attached hydrogen (secondary N) is 3. The first kappa shape index (κ1) is 22.5. The minimum absolute atomic E-state index is 0.411. The van der Waals surface area contributed by atoms with Gasteiger partial charge in [0.1, 0.15) is 5.82 Å². The van der Waals surface area contributed by atoms with Crippen molar-refractivity contribution in [3.8, 4) is 5.69 Å². The van der Waals surface area contributed by atoms with Crippen LogP contribution in [-0.4, -0.2) is 39.0 Å². The Morgan fingerprint density at radius 3 is 2.61 bits per heavy atom. The second kappa shape index (κ2) is 9.62. The van der Waals surface area contributed by atoms with E-state index >= 15 is 0 Å². The first-order valence-electron chi connectivity index (χ1n) is 13.1. The molecule has 6 aromatic rings. The average Bonchev–Trinajstić information content (AvgIpc) is 3.72. The van der Waals surface area contributed by atoms with Gasteiger partial charge in [0.15, 0.2) is 17.0 Å². The molecule has 0 radical (unpaired) electrons. The highest BCUT2D eigenvalue weighted by Crippen LogP contribution is 2.32. The molecule has 190 valence electrons. The van der Waals surface area contributed by atoms with E-state index in [0.29, 0.717) is 24.4 Å². The molecule has 4 aromatic heterocycles. The molecule has 0 atom stereocenters. The fraction of sp³-hybridized carbons (Fsp3) is 0.250. The number of hydrogen-bond acceptors (Lipinski definition) is 7. The van der Waals surface area contributed by atoms with E-state index in [0.717, 1.165) is 52.2 Å². The Morgan fingerprint density at radius 1 is 0.921 bits per heavy atom. The number of hydrogen-bond donors (Lipinski definition) is 3. The van der Waals surface area contributed by atoms with Gasteiger partial charge >= 0.3 is 0 Å². The molecule has 1 saturated carbocycles. The molecule has 0 amide bonds. The minimum Gasteiger partial charge on any atom is -0.361 e. The largest absolute Gasteiger partial charge is 0.361 e. The van der Waals surface area contributed by atoms with E-state index in [4.69, 9.17) is 19.9 Å². The summed E-state index contributed by atoms with van der Waals surface area (Å²) >= 11 is 0. The lowest BCUT2D eigenvalue weighted by molar-refractivity contribution is 0.358. The quantitative estimate of drug-likeness (QED) is 0.254. The zero-order valence-electron chi connectivity index (χ0n) is 20.9. The van der Waals surface area contributed by atoms with Crippen molar-refractivity contribution in [3.63, 3.8) is 0 Å². The Hall–Kier alpha value is -4.73. The summed E-state index contributed by atoms with van der Waals surface area (Å²) in [6.07, 6.45) is 13.5. The maximum atomic E-state index is 4.93. The lowest BCUT2D eigenvalue weighted by Gasteiger charge is -2.23. The number of imidazole rings is 3. The van der Waals surface area contributed by atoms with Crippen LogP contribution in [-0.2, 0) is 6.54 Å². The standard InChI is InChI=1S/C28H28N10/c1-2-6-21(7-3-1)38-18-31-25-26(30-16-24-33-22-8-4-5-9-23(22)34-24)35-28(36-27(25)38)32-19-10-12-20(13-11-19)37-15-14-29-17-37/h4-5,8-15,17-18,21H,1-3,6-7,16H2,(H,33,34)(H2,30,32,35,36). The van der Waals surface area contributed by atoms with Gasteiger partial charge in [0, 0.05) is 29.8 Å². The number of aromatic amines is 1. The molecule has 3 N–H and O–H groups in total. The zero-order valence-corrected chi connectivity index (χ0v) is 20.9. The number of aromatic nitrogens is 8. The first-order valence-corrected chi connectivity index (χ1v) is 13.1. The van der Waals surface area contributed by atoms with Crippen LogP contribution in [0.15, 0.2) is 73.6 Å². The Kier molecular flexibility index (Phi) is 5.69. The molecule has 0 saturated heterocycles. The van der Waals surface area contributed by atoms with E-state index in [9.17, 15) is 0 Å². The molecule has 0 bridgehead atoms. The van der Waals surface area contributed by atoms with Crippen LogP contribution in [0.4, 0.5) is 17.5 Å². The lowest BCUT2D eigenvalue weighted by Crippen LogP contribution is -2.13. The number of H-pyrrole nitrogens is 1. The maximum Gasteiger partial charge on any atom is 0.231 e. The van der Waals surface area contributed by atoms with Crippen molar-refractivity contribution in [1.82, 2.24) is 39.0 Å². The third-order valence-electron chi connectivity index (χ3n) is 7.18. The van der Waals surface area contributed by atoms with Crippen LogP contribution in [0.25, 0.3) is 27.9 Å². The fourth-order valence-corrected chi connectivity index (χ4v) is 5.24. The van der Waals surface area contributed by atoms with Gasteiger partial charge < -0.3 is 24.8 Å². The van der Waals surface area contributed by atoms with E-state index in [2.05, 4.69) is 25.2 Å². The Morgan fingerprint density at radius 2 is 1.79 bits per heavy atom. The summed E-state index contributed by atoms with van der Waals surface area (Å²) in [5, 5.41) is 6.86. The molecule has 0 spiro atoms. The normalized spacial score (nSPS) is 14.3. The van der Waals surface area contributed by atoms with Gasteiger partial charge in [0.2, 0.25) is 5.95 Å². The van der Waals surface area contributed by atoms with Crippen molar-refractivity contribution >= 4 is 39.7 Å². The highest BCUT2D eigenvalue weighted by molar-refractivity contribution is 5.85. The van der Waals surface area contributed by atoms with Crippen LogP contribution in [0.2, 0.25) is 0 Å². The van der Waals surface area contributed by atoms with Gasteiger partial charge in [-0.2, -0.15) is 9.97 Å². The number of anilines is 3. The topological polar surface area (TPSA) is 114 Å². The van der Waals surface area contributed by atoms with Gasteiger partial charge in [0.25, 0.3) is 0 Å². The van der Waals surface area contributed by atoms with Crippen LogP contribution in [0.3, 0.4) is 0 Å². The first-order chi connectivity index (χ1) is 18.8. The van der Waals surface area contributed by atoms with Crippen molar-refractivity contribution < 1.29 is 0 Å². The molecule has 2 aromatic carbocycles. The van der Waals surface area contributed by atoms with Crippen LogP contribution in [0.1, 0.15) is 44.0 Å². The van der Waals surface area contributed by atoms with Gasteiger partial charge in [0.05, 0.1) is 30.2 Å². The maximum absolute atomic E-state index is 4.93. The van der Waals surface area contributed by atoms with Crippen molar-refractivity contribution in [2.45, 2.75) is 44.7 Å². The van der Waals surface area contributed by atoms with Gasteiger partial charge in [-0.1, -0.05) is 31.4 Å². The minimum atomic E-state index is 0.411. The van der Waals surface area contributed by atoms with Crippen molar-refractivity contribution in [1.29, 1.82) is 0 Å². The van der Waals surface area contributed by atoms with Gasteiger partial charge in [-0.05, 0) is 49.2 Å². The molecule has 10 heteroatoms. The molecule has 38 heavy (non-hydrogen) atoms. The van der Waals surface area contributed by atoms with Gasteiger partial charge in [-0.15, -0.1) is 0 Å². The molecule has 1 fully saturated rings. The van der Waals surface area contributed by atoms with Crippen LogP contribution >= 0.6 is 0 Å². The number of benzene rings is 2. The number of nitrogens with zero attached hydrogens (tertiary/aromatic N) is 7. The SMILES string of the molecule is c1ccc2[nH]c(CNc3nc(Nc4ccc(-n5ccnc5)cc4)nc4c3ncn4C3CCCCC3)nc2c1.